The second-order valence-electron chi connectivity index (χ2n) is 15.0. The van der Waals surface area contributed by atoms with Crippen molar-refractivity contribution in [2.24, 2.45) is 0 Å². The number of ether oxygens (including phenoxy) is 3. The predicted molar refractivity (Wildman–Crippen MR) is 213 cm³/mol. The average Bonchev–Trinajstić information content (AvgIpc) is 4.13. The number of aromatic nitrogens is 4. The lowest BCUT2D eigenvalue weighted by atomic mass is 9.91. The van der Waals surface area contributed by atoms with Crippen LogP contribution in [0.3, 0.4) is 0 Å². The number of imidazole rings is 2. The molecule has 0 aliphatic carbocycles. The fraction of sp³-hybridized carbons (Fsp3) is 0.318. The van der Waals surface area contributed by atoms with Crippen LogP contribution in [0.5, 0.6) is 0 Å². The number of alkyl halides is 2. The highest BCUT2D eigenvalue weighted by Crippen LogP contribution is 2.44. The van der Waals surface area contributed by atoms with E-state index < -0.39 is 37.3 Å². The number of nitrogens with one attached hydrogen (secondary N) is 4. The summed E-state index contributed by atoms with van der Waals surface area (Å²) in [5.41, 5.74) is 7.38. The molecule has 0 saturated carbocycles. The summed E-state index contributed by atoms with van der Waals surface area (Å²) in [4.78, 5) is 44.7. The van der Waals surface area contributed by atoms with Crippen molar-refractivity contribution in [3.8, 4) is 33.5 Å². The molecule has 9 rings (SSSR count). The van der Waals surface area contributed by atoms with Gasteiger partial charge in [0.1, 0.15) is 31.0 Å². The lowest BCUT2D eigenvalue weighted by Crippen LogP contribution is -2.44. The monoisotopic (exact) mass is 787 g/mol. The van der Waals surface area contributed by atoms with Gasteiger partial charge in [-0.1, -0.05) is 60.7 Å². The summed E-state index contributed by atoms with van der Waals surface area (Å²) in [6.45, 7) is 0.437. The Morgan fingerprint density at radius 2 is 1.62 bits per heavy atom. The van der Waals surface area contributed by atoms with Gasteiger partial charge in [-0.25, -0.2) is 23.5 Å². The quantitative estimate of drug-likeness (QED) is 0.110. The first-order valence-corrected chi connectivity index (χ1v) is 19.5. The van der Waals surface area contributed by atoms with Gasteiger partial charge in [0.15, 0.2) is 5.79 Å². The first kappa shape index (κ1) is 37.6. The minimum absolute atomic E-state index is 0.137. The molecule has 3 aliphatic heterocycles. The van der Waals surface area contributed by atoms with E-state index in [1.165, 1.54) is 7.11 Å². The van der Waals surface area contributed by atoms with Crippen molar-refractivity contribution < 1.29 is 32.6 Å². The van der Waals surface area contributed by atoms with Gasteiger partial charge in [0.05, 0.1) is 61.9 Å². The highest BCUT2D eigenvalue weighted by atomic mass is 19.1. The van der Waals surface area contributed by atoms with E-state index in [0.29, 0.717) is 64.3 Å². The molecular formula is C44H43F2N7O5. The maximum Gasteiger partial charge on any atom is 0.407 e. The Balaban J connectivity index is 0.999. The van der Waals surface area contributed by atoms with Crippen LogP contribution in [0.4, 0.5) is 13.6 Å². The highest BCUT2D eigenvalue weighted by molar-refractivity contribution is 5.88. The smallest absolute Gasteiger partial charge is 0.407 e. The van der Waals surface area contributed by atoms with Crippen LogP contribution in [-0.4, -0.2) is 76.0 Å². The Labute approximate surface area is 333 Å². The lowest BCUT2D eigenvalue weighted by molar-refractivity contribution is -0.153. The highest BCUT2D eigenvalue weighted by Gasteiger charge is 2.52. The molecule has 1 spiro atoms. The molecule has 3 saturated heterocycles. The number of fused-ring (bicyclic) bond motifs is 1. The normalized spacial score (nSPS) is 19.3. The van der Waals surface area contributed by atoms with Gasteiger partial charge in [0, 0.05) is 6.42 Å². The van der Waals surface area contributed by atoms with Gasteiger partial charge in [-0.3, -0.25) is 4.79 Å². The fourth-order valence-electron chi connectivity index (χ4n) is 8.52. The van der Waals surface area contributed by atoms with Crippen LogP contribution in [0, 0.1) is 0 Å². The van der Waals surface area contributed by atoms with Crippen LogP contribution in [0.1, 0.15) is 65.7 Å². The van der Waals surface area contributed by atoms with Gasteiger partial charge in [-0.15, -0.1) is 0 Å². The zero-order chi connectivity index (χ0) is 39.8. The van der Waals surface area contributed by atoms with Gasteiger partial charge < -0.3 is 39.7 Å². The van der Waals surface area contributed by atoms with Crippen LogP contribution in [0.2, 0.25) is 0 Å². The molecule has 6 aromatic rings. The molecule has 12 nitrogen and oxygen atoms in total. The van der Waals surface area contributed by atoms with Crippen molar-refractivity contribution in [2.45, 2.75) is 56.5 Å². The van der Waals surface area contributed by atoms with E-state index in [1.807, 2.05) is 48.5 Å². The number of benzene rings is 4. The number of carbonyl (C=O) groups is 2. The number of hydrogen-bond donors (Lipinski definition) is 4. The second kappa shape index (κ2) is 15.8. The molecule has 5 heterocycles. The number of carbonyl (C=O) groups excluding carboxylic acids is 2. The molecule has 3 fully saturated rings. The van der Waals surface area contributed by atoms with Crippen LogP contribution in [-0.2, 0) is 32.4 Å². The standard InChI is InChI=1S/C44H43F2N7O5/c1-56-43(55)52-39(26-6-3-2-4-7-26)42(54)53-25-44(57-16-17-58-44)21-38(53)41-49-34-14-11-28(20-36(34)50-41)27-9-12-32(30(18-27)22-45)33-13-10-29(19-31(33)23-46)37-24-48-40(51-37)35-8-5-15-47-35/h2-4,6-7,9-14,18-20,24,35,38-39,47H,5,8,15-17,21-23,25H2,1H3,(H,48,51)(H,49,50)(H,52,55)/t35?,38-,39+/m0/s1. The summed E-state index contributed by atoms with van der Waals surface area (Å²) < 4.78 is 46.4. The predicted octanol–water partition coefficient (Wildman–Crippen LogP) is 7.76. The molecule has 3 atom stereocenters. The molecule has 3 aliphatic rings. The maximum absolute atomic E-state index is 14.8. The van der Waals surface area contributed by atoms with E-state index in [9.17, 15) is 18.4 Å². The number of likely N-dealkylation sites (tertiary alicyclic amines) is 1. The molecule has 2 amide bonds. The molecule has 0 bridgehead atoms. The van der Waals surface area contributed by atoms with Crippen LogP contribution < -0.4 is 10.6 Å². The molecule has 2 aromatic heterocycles. The van der Waals surface area contributed by atoms with Crippen LogP contribution >= 0.6 is 0 Å². The van der Waals surface area contributed by atoms with E-state index in [-0.39, 0.29) is 18.5 Å². The molecule has 58 heavy (non-hydrogen) atoms. The van der Waals surface area contributed by atoms with Crippen molar-refractivity contribution in [2.75, 3.05) is 33.4 Å². The zero-order valence-electron chi connectivity index (χ0n) is 31.9. The van der Waals surface area contributed by atoms with Gasteiger partial charge in [0.2, 0.25) is 0 Å². The third-order valence-corrected chi connectivity index (χ3v) is 11.5. The van der Waals surface area contributed by atoms with Crippen LogP contribution in [0.15, 0.2) is 91.1 Å². The largest absolute Gasteiger partial charge is 0.453 e. The first-order valence-electron chi connectivity index (χ1n) is 19.5. The van der Waals surface area contributed by atoms with Crippen molar-refractivity contribution >= 4 is 23.0 Å². The van der Waals surface area contributed by atoms with E-state index in [1.54, 1.807) is 47.5 Å². The number of nitrogens with zero attached hydrogens (tertiary/aromatic N) is 3. The molecule has 298 valence electrons. The number of hydrogen-bond acceptors (Lipinski definition) is 8. The fourth-order valence-corrected chi connectivity index (χ4v) is 8.52. The van der Waals surface area contributed by atoms with Crippen molar-refractivity contribution in [3.63, 3.8) is 0 Å². The molecular weight excluding hydrogens is 745 g/mol. The summed E-state index contributed by atoms with van der Waals surface area (Å²) in [6, 6.07) is 24.4. The SMILES string of the molecule is COC(=O)N[C@@H](C(=O)N1CC2(C[C@H]1c1nc3ccc(-c4ccc(-c5ccc(-c6cnc(C7CCCN7)[nH]6)cc5CF)c(CF)c4)cc3[nH]1)OCCO2)c1ccccc1. The van der Waals surface area contributed by atoms with Gasteiger partial charge in [-0.2, -0.15) is 0 Å². The first-order chi connectivity index (χ1) is 28.3. The summed E-state index contributed by atoms with van der Waals surface area (Å²) in [5.74, 6) is 0.0249. The molecule has 0 radical (unpaired) electrons. The Hall–Kier alpha value is -5.96. The van der Waals surface area contributed by atoms with Crippen molar-refractivity contribution in [1.29, 1.82) is 0 Å². The third-order valence-electron chi connectivity index (χ3n) is 11.5. The number of methoxy groups -OCH3 is 1. The Bertz CT molecular complexity index is 2460. The minimum atomic E-state index is -1.03. The van der Waals surface area contributed by atoms with Gasteiger partial charge in [-0.05, 0) is 88.2 Å². The number of alkyl carbamates (subject to hydrolysis) is 1. The number of halogens is 2. The number of amides is 2. The second-order valence-corrected chi connectivity index (χ2v) is 15.0. The van der Waals surface area contributed by atoms with E-state index in [4.69, 9.17) is 19.2 Å². The molecule has 4 aromatic carbocycles. The van der Waals surface area contributed by atoms with Crippen LogP contribution in [0.25, 0.3) is 44.5 Å². The van der Waals surface area contributed by atoms with E-state index in [2.05, 4.69) is 25.6 Å². The Kier molecular flexibility index (Phi) is 10.2. The molecule has 14 heteroatoms. The molecule has 1 unspecified atom stereocenters. The number of rotatable bonds is 10. The zero-order valence-corrected chi connectivity index (χ0v) is 31.9. The third kappa shape index (κ3) is 7.12. The van der Waals surface area contributed by atoms with E-state index in [0.717, 1.165) is 47.6 Å². The van der Waals surface area contributed by atoms with Crippen molar-refractivity contribution in [1.82, 2.24) is 35.5 Å². The summed E-state index contributed by atoms with van der Waals surface area (Å²) in [7, 11) is 1.25. The molecule has 4 N–H and O–H groups in total. The van der Waals surface area contributed by atoms with Gasteiger partial charge >= 0.3 is 6.09 Å². The minimum Gasteiger partial charge on any atom is -0.453 e. The lowest BCUT2D eigenvalue weighted by Gasteiger charge is -2.28. The Morgan fingerprint density at radius 3 is 2.33 bits per heavy atom. The summed E-state index contributed by atoms with van der Waals surface area (Å²) in [5, 5.41) is 6.14. The number of aromatic amines is 2. The average molecular weight is 788 g/mol. The Morgan fingerprint density at radius 1 is 0.914 bits per heavy atom. The number of H-pyrrole nitrogens is 2. The van der Waals surface area contributed by atoms with E-state index >= 15 is 0 Å². The topological polar surface area (TPSA) is 146 Å². The maximum atomic E-state index is 14.8. The summed E-state index contributed by atoms with van der Waals surface area (Å²) in [6.07, 6.45) is 3.48. The van der Waals surface area contributed by atoms with Gasteiger partial charge in [0.25, 0.3) is 5.91 Å². The van der Waals surface area contributed by atoms with Crippen molar-refractivity contribution in [3.05, 3.63) is 119 Å². The summed E-state index contributed by atoms with van der Waals surface area (Å²) >= 11 is 0.